The fourth-order valence-electron chi connectivity index (χ4n) is 3.94. The van der Waals surface area contributed by atoms with Gasteiger partial charge in [0.1, 0.15) is 0 Å². The lowest BCUT2D eigenvalue weighted by molar-refractivity contribution is 0.362. The van der Waals surface area contributed by atoms with Gasteiger partial charge in [0.15, 0.2) is 0 Å². The van der Waals surface area contributed by atoms with Gasteiger partial charge in [-0.15, -0.1) is 0 Å². The molecule has 0 saturated heterocycles. The van der Waals surface area contributed by atoms with Crippen molar-refractivity contribution in [1.82, 2.24) is 9.97 Å². The zero-order chi connectivity index (χ0) is 24.1. The van der Waals surface area contributed by atoms with E-state index in [1.807, 2.05) is 66.7 Å². The molecular weight excluding hydrogens is 451 g/mol. The molecule has 0 aliphatic rings. The lowest BCUT2D eigenvalue weighted by atomic mass is 9.90. The van der Waals surface area contributed by atoms with E-state index in [1.54, 1.807) is 14.2 Å². The molecule has 4 aromatic rings. The summed E-state index contributed by atoms with van der Waals surface area (Å²) in [6, 6.07) is 21.3. The molecule has 0 radical (unpaired) electrons. The monoisotopic (exact) mass is 476 g/mol. The first-order valence-electron chi connectivity index (χ1n) is 10.5. The third kappa shape index (κ3) is 4.22. The zero-order valence-electron chi connectivity index (χ0n) is 19.4. The molecule has 1 atom stereocenters. The molecule has 0 aliphatic heterocycles. The molecule has 8 heteroatoms. The fourth-order valence-corrected chi connectivity index (χ4v) is 4.66. The van der Waals surface area contributed by atoms with Gasteiger partial charge in [0.05, 0.1) is 53.3 Å². The summed E-state index contributed by atoms with van der Waals surface area (Å²) in [4.78, 5) is 9.11. The average molecular weight is 476 g/mol. The van der Waals surface area contributed by atoms with Gasteiger partial charge < -0.3 is 23.5 Å². The van der Waals surface area contributed by atoms with E-state index in [0.717, 1.165) is 16.7 Å². The van der Waals surface area contributed by atoms with E-state index in [0.29, 0.717) is 39.6 Å². The normalized spacial score (nSPS) is 10.9. The first-order chi connectivity index (χ1) is 16.7. The topological polar surface area (TPSA) is 79.8 Å². The van der Waals surface area contributed by atoms with Crippen molar-refractivity contribution >= 4 is 13.8 Å². The Hall–Kier alpha value is -3.83. The van der Waals surface area contributed by atoms with Crippen LogP contribution in [0.2, 0.25) is 0 Å². The molecule has 1 unspecified atom stereocenters. The number of ether oxygens (including phenoxy) is 4. The maximum Gasteiger partial charge on any atom is 0.227 e. The van der Waals surface area contributed by atoms with Gasteiger partial charge in [-0.3, -0.25) is 0 Å². The van der Waals surface area contributed by atoms with Crippen LogP contribution in [-0.4, -0.2) is 38.4 Å². The Morgan fingerprint density at radius 3 is 1.71 bits per heavy atom. The van der Waals surface area contributed by atoms with Crippen molar-refractivity contribution in [2.75, 3.05) is 28.4 Å². The van der Waals surface area contributed by atoms with E-state index in [2.05, 4.69) is 9.97 Å². The highest BCUT2D eigenvalue weighted by Crippen LogP contribution is 2.48. The van der Waals surface area contributed by atoms with Gasteiger partial charge in [-0.25, -0.2) is 0 Å². The number of nitrogens with zero attached hydrogens (tertiary/aromatic N) is 2. The molecule has 2 aromatic carbocycles. The smallest absolute Gasteiger partial charge is 0.227 e. The summed E-state index contributed by atoms with van der Waals surface area (Å²) >= 11 is 0. The Morgan fingerprint density at radius 1 is 0.618 bits per heavy atom. The first kappa shape index (κ1) is 23.3. The van der Waals surface area contributed by atoms with Crippen molar-refractivity contribution in [2.24, 2.45) is 0 Å². The minimum atomic E-state index is -1.39. The molecule has 0 bridgehead atoms. The minimum Gasteiger partial charge on any atom is -0.481 e. The number of aromatic nitrogens is 2. The van der Waals surface area contributed by atoms with E-state index in [-0.39, 0.29) is 5.88 Å². The highest BCUT2D eigenvalue weighted by atomic mass is 31.1. The van der Waals surface area contributed by atoms with Crippen LogP contribution in [0.4, 0.5) is 0 Å². The fraction of sp³-hybridized carbons (Fsp3) is 0.154. The van der Waals surface area contributed by atoms with E-state index in [1.165, 1.54) is 14.2 Å². The molecule has 0 saturated carbocycles. The first-order valence-corrected chi connectivity index (χ1v) is 11.6. The summed E-state index contributed by atoms with van der Waals surface area (Å²) in [7, 11) is 4.75. The molecule has 0 aliphatic carbocycles. The van der Waals surface area contributed by atoms with E-state index < -0.39 is 8.46 Å². The van der Waals surface area contributed by atoms with E-state index >= 15 is 0 Å². The summed E-state index contributed by atoms with van der Waals surface area (Å²) in [5.41, 5.74) is 4.51. The number of methoxy groups -OCH3 is 4. The molecule has 0 amide bonds. The SMILES string of the molecule is COc1cc(-c2ccccc2)c(-c2c(OC)nc(OC)c([PH2]=O)c2-c2ccccc2)c(OC)n1. The Bertz CT molecular complexity index is 1310. The minimum absolute atomic E-state index is 0.256. The van der Waals surface area contributed by atoms with Crippen LogP contribution in [0.5, 0.6) is 23.5 Å². The molecule has 2 aromatic heterocycles. The Balaban J connectivity index is 2.22. The third-order valence-corrected chi connectivity index (χ3v) is 6.21. The predicted octanol–water partition coefficient (Wildman–Crippen LogP) is 4.89. The summed E-state index contributed by atoms with van der Waals surface area (Å²) in [6.45, 7) is 0. The largest absolute Gasteiger partial charge is 0.481 e. The molecule has 7 nitrogen and oxygen atoms in total. The van der Waals surface area contributed by atoms with Crippen LogP contribution in [0.15, 0.2) is 66.7 Å². The maximum atomic E-state index is 12.6. The van der Waals surface area contributed by atoms with Crippen LogP contribution < -0.4 is 24.3 Å². The lowest BCUT2D eigenvalue weighted by Gasteiger charge is -2.22. The molecule has 34 heavy (non-hydrogen) atoms. The number of hydrogen-bond donors (Lipinski definition) is 0. The van der Waals surface area contributed by atoms with Crippen molar-refractivity contribution < 1.29 is 23.5 Å². The maximum absolute atomic E-state index is 12.6. The van der Waals surface area contributed by atoms with Crippen molar-refractivity contribution in [3.8, 4) is 56.9 Å². The third-order valence-electron chi connectivity index (χ3n) is 5.43. The van der Waals surface area contributed by atoms with E-state index in [9.17, 15) is 4.57 Å². The van der Waals surface area contributed by atoms with Crippen LogP contribution in [-0.2, 0) is 4.57 Å². The van der Waals surface area contributed by atoms with Crippen molar-refractivity contribution in [3.05, 3.63) is 66.7 Å². The number of benzene rings is 2. The van der Waals surface area contributed by atoms with Gasteiger partial charge in [0, 0.05) is 17.2 Å². The van der Waals surface area contributed by atoms with Crippen LogP contribution in [0.1, 0.15) is 0 Å². The lowest BCUT2D eigenvalue weighted by Crippen LogP contribution is -2.11. The zero-order valence-corrected chi connectivity index (χ0v) is 20.5. The van der Waals surface area contributed by atoms with E-state index in [4.69, 9.17) is 18.9 Å². The summed E-state index contributed by atoms with van der Waals surface area (Å²) in [6.07, 6.45) is 0. The summed E-state index contributed by atoms with van der Waals surface area (Å²) in [5, 5.41) is 0.501. The van der Waals surface area contributed by atoms with Gasteiger partial charge in [0.2, 0.25) is 23.5 Å². The number of hydrogen-bond acceptors (Lipinski definition) is 7. The second kappa shape index (κ2) is 10.4. The van der Waals surface area contributed by atoms with Crippen molar-refractivity contribution in [2.45, 2.75) is 0 Å². The van der Waals surface area contributed by atoms with Gasteiger partial charge >= 0.3 is 0 Å². The molecule has 174 valence electrons. The Labute approximate surface area is 199 Å². The average Bonchev–Trinajstić information content (AvgIpc) is 2.91. The second-order valence-corrected chi connectivity index (χ2v) is 8.05. The molecule has 0 spiro atoms. The molecular formula is C26H25N2O5P. The highest BCUT2D eigenvalue weighted by molar-refractivity contribution is 7.35. The van der Waals surface area contributed by atoms with Crippen LogP contribution in [0.25, 0.3) is 33.4 Å². The predicted molar refractivity (Wildman–Crippen MR) is 135 cm³/mol. The van der Waals surface area contributed by atoms with Gasteiger partial charge in [-0.05, 0) is 11.1 Å². The van der Waals surface area contributed by atoms with Crippen LogP contribution in [0, 0.1) is 0 Å². The van der Waals surface area contributed by atoms with Gasteiger partial charge in [-0.1, -0.05) is 60.7 Å². The molecule has 2 heterocycles. The standard InChI is InChI=1S/C26H25N2O5P/c1-30-19-15-18(16-11-7-5-8-12-16)21(24(27-19)31-2)22-20(17-13-9-6-10-14-17)23(34-29)26(33-4)28-25(22)32-3/h5-15H,34H2,1-4H3. The number of rotatable bonds is 8. The summed E-state index contributed by atoms with van der Waals surface area (Å²) < 4.78 is 35.0. The van der Waals surface area contributed by atoms with Crippen molar-refractivity contribution in [1.29, 1.82) is 0 Å². The van der Waals surface area contributed by atoms with Crippen LogP contribution in [0.3, 0.4) is 0 Å². The Morgan fingerprint density at radius 2 is 1.18 bits per heavy atom. The van der Waals surface area contributed by atoms with Gasteiger partial charge in [0.25, 0.3) is 0 Å². The molecule has 0 N–H and O–H groups in total. The van der Waals surface area contributed by atoms with Crippen molar-refractivity contribution in [3.63, 3.8) is 0 Å². The van der Waals surface area contributed by atoms with Crippen LogP contribution >= 0.6 is 8.46 Å². The summed E-state index contributed by atoms with van der Waals surface area (Å²) in [5.74, 6) is 1.28. The highest BCUT2D eigenvalue weighted by Gasteiger charge is 2.28. The number of pyridine rings is 2. The quantitative estimate of drug-likeness (QED) is 0.335. The van der Waals surface area contributed by atoms with Gasteiger partial charge in [-0.2, -0.15) is 9.97 Å². The molecule has 4 rings (SSSR count). The Kier molecular flexibility index (Phi) is 7.14. The second-order valence-electron chi connectivity index (χ2n) is 7.24. The molecule has 0 fully saturated rings.